The maximum absolute atomic E-state index is 13.6. The number of benzene rings is 2. The summed E-state index contributed by atoms with van der Waals surface area (Å²) in [5, 5.41) is 1.32. The number of hydrogen-bond donors (Lipinski definition) is 1. The van der Waals surface area contributed by atoms with Gasteiger partial charge >= 0.3 is 12.2 Å². The molecule has 38 heavy (non-hydrogen) atoms. The number of nitrogens with zero attached hydrogens (tertiary/aromatic N) is 1. The average molecular weight is 519 g/mol. The summed E-state index contributed by atoms with van der Waals surface area (Å²) in [7, 11) is 0. The molecule has 1 N–H and O–H groups in total. The Morgan fingerprint density at radius 1 is 0.842 bits per heavy atom. The minimum Gasteiger partial charge on any atom is -0.444 e. The fraction of sp³-hybridized carbons (Fsp3) is 0.500. The summed E-state index contributed by atoms with van der Waals surface area (Å²) in [5.41, 5.74) is 5.14. The molecule has 6 nitrogen and oxygen atoms in total. The highest BCUT2D eigenvalue weighted by Crippen LogP contribution is 2.36. The van der Waals surface area contributed by atoms with Crippen LogP contribution in [0.25, 0.3) is 0 Å². The molecule has 1 unspecified atom stereocenters. The van der Waals surface area contributed by atoms with Gasteiger partial charge in [-0.05, 0) is 63.0 Å². The summed E-state index contributed by atoms with van der Waals surface area (Å²) >= 11 is 0. The van der Waals surface area contributed by atoms with Gasteiger partial charge in [0.2, 0.25) is 0 Å². The second-order valence-electron chi connectivity index (χ2n) is 10.5. The SMILES string of the molecule is C/C=C/C(CC)N(NC(=O)O[C@@H]1CCCC[C@H]1c1ccccc1)C(=O)O[C@@H]1CCCC[C@H]1c1ccccc1. The normalized spacial score (nSPS) is 24.4. The van der Waals surface area contributed by atoms with E-state index in [-0.39, 0.29) is 30.1 Å². The molecular formula is C32H42N2O4. The zero-order valence-corrected chi connectivity index (χ0v) is 22.8. The topological polar surface area (TPSA) is 67.9 Å². The number of carbonyl (C=O) groups is 2. The first-order valence-corrected chi connectivity index (χ1v) is 14.3. The summed E-state index contributed by atoms with van der Waals surface area (Å²) in [6, 6.07) is 20.2. The molecule has 2 saturated carbocycles. The first kappa shape index (κ1) is 27.7. The number of rotatable bonds is 7. The van der Waals surface area contributed by atoms with Gasteiger partial charge in [0, 0.05) is 11.8 Å². The van der Waals surface area contributed by atoms with Crippen molar-refractivity contribution in [1.82, 2.24) is 10.4 Å². The molecular weight excluding hydrogens is 476 g/mol. The van der Waals surface area contributed by atoms with Gasteiger partial charge in [-0.2, -0.15) is 0 Å². The van der Waals surface area contributed by atoms with Gasteiger partial charge in [0.25, 0.3) is 0 Å². The molecule has 0 aromatic heterocycles. The van der Waals surface area contributed by atoms with Crippen LogP contribution in [0.1, 0.15) is 94.6 Å². The predicted molar refractivity (Wildman–Crippen MR) is 150 cm³/mol. The highest BCUT2D eigenvalue weighted by Gasteiger charge is 2.35. The van der Waals surface area contributed by atoms with Gasteiger partial charge in [0.1, 0.15) is 12.2 Å². The van der Waals surface area contributed by atoms with Crippen LogP contribution < -0.4 is 5.43 Å². The number of carbonyl (C=O) groups excluding carboxylic acids is 2. The monoisotopic (exact) mass is 518 g/mol. The molecule has 0 spiro atoms. The van der Waals surface area contributed by atoms with E-state index in [1.54, 1.807) is 0 Å². The molecule has 0 saturated heterocycles. The summed E-state index contributed by atoms with van der Waals surface area (Å²) in [5.74, 6) is 0.306. The van der Waals surface area contributed by atoms with E-state index in [1.807, 2.05) is 62.4 Å². The van der Waals surface area contributed by atoms with E-state index in [0.717, 1.165) is 51.4 Å². The third-order valence-corrected chi connectivity index (χ3v) is 7.94. The number of hydrazine groups is 1. The van der Waals surface area contributed by atoms with Crippen LogP contribution in [-0.2, 0) is 9.47 Å². The van der Waals surface area contributed by atoms with Crippen LogP contribution in [0.4, 0.5) is 9.59 Å². The molecule has 204 valence electrons. The van der Waals surface area contributed by atoms with Crippen LogP contribution in [0, 0.1) is 0 Å². The summed E-state index contributed by atoms with van der Waals surface area (Å²) in [6.07, 6.45) is 10.7. The molecule has 0 heterocycles. The maximum Gasteiger partial charge on any atom is 0.429 e. The van der Waals surface area contributed by atoms with Crippen molar-refractivity contribution in [3.05, 3.63) is 83.9 Å². The van der Waals surface area contributed by atoms with Crippen molar-refractivity contribution in [2.75, 3.05) is 0 Å². The first-order chi connectivity index (χ1) is 18.6. The van der Waals surface area contributed by atoms with Crippen molar-refractivity contribution in [3.63, 3.8) is 0 Å². The van der Waals surface area contributed by atoms with Crippen LogP contribution in [0.2, 0.25) is 0 Å². The number of amides is 2. The predicted octanol–water partition coefficient (Wildman–Crippen LogP) is 7.87. The lowest BCUT2D eigenvalue weighted by molar-refractivity contribution is 0.00498. The Morgan fingerprint density at radius 3 is 1.84 bits per heavy atom. The van der Waals surface area contributed by atoms with E-state index in [1.165, 1.54) is 16.1 Å². The Bertz CT molecular complexity index is 1040. The number of ether oxygens (including phenoxy) is 2. The van der Waals surface area contributed by atoms with Crippen molar-refractivity contribution in [2.24, 2.45) is 0 Å². The maximum atomic E-state index is 13.6. The molecule has 5 atom stereocenters. The Labute approximate surface area is 227 Å². The zero-order valence-electron chi connectivity index (χ0n) is 22.8. The molecule has 6 heteroatoms. The van der Waals surface area contributed by atoms with Gasteiger partial charge in [-0.25, -0.2) is 20.0 Å². The highest BCUT2D eigenvalue weighted by atomic mass is 16.6. The lowest BCUT2D eigenvalue weighted by atomic mass is 9.81. The Kier molecular flexibility index (Phi) is 10.2. The largest absolute Gasteiger partial charge is 0.444 e. The fourth-order valence-corrected chi connectivity index (χ4v) is 5.98. The molecule has 2 fully saturated rings. The molecule has 2 aliphatic carbocycles. The standard InChI is InChI=1S/C32H42N2O4/c1-3-15-26(4-2)34(32(36)38-30-23-14-12-21-28(30)25-18-9-6-10-19-25)33-31(35)37-29-22-13-11-20-27(29)24-16-7-5-8-17-24/h3,5-10,15-19,26-30H,4,11-14,20-23H2,1-2H3,(H,33,35)/b15-3+/t26?,27-,28-,29+,30+/m0/s1. The molecule has 0 radical (unpaired) electrons. The minimum atomic E-state index is -0.610. The minimum absolute atomic E-state index is 0.151. The second-order valence-corrected chi connectivity index (χ2v) is 10.5. The summed E-state index contributed by atoms with van der Waals surface area (Å²) in [4.78, 5) is 26.8. The molecule has 0 aliphatic heterocycles. The average Bonchev–Trinajstić information content (AvgIpc) is 2.96. The van der Waals surface area contributed by atoms with Crippen molar-refractivity contribution in [1.29, 1.82) is 0 Å². The van der Waals surface area contributed by atoms with E-state index in [2.05, 4.69) is 29.7 Å². The van der Waals surface area contributed by atoms with Gasteiger partial charge in [-0.3, -0.25) is 0 Å². The fourth-order valence-electron chi connectivity index (χ4n) is 5.98. The quantitative estimate of drug-likeness (QED) is 0.299. The highest BCUT2D eigenvalue weighted by molar-refractivity contribution is 5.74. The van der Waals surface area contributed by atoms with Gasteiger partial charge in [-0.15, -0.1) is 0 Å². The van der Waals surface area contributed by atoms with Crippen molar-refractivity contribution in [3.8, 4) is 0 Å². The number of allylic oxidation sites excluding steroid dienone is 1. The van der Waals surface area contributed by atoms with Crippen LogP contribution in [0.15, 0.2) is 72.8 Å². The van der Waals surface area contributed by atoms with Crippen LogP contribution in [0.3, 0.4) is 0 Å². The third-order valence-electron chi connectivity index (χ3n) is 7.94. The molecule has 2 aliphatic rings. The molecule has 2 aromatic carbocycles. The lowest BCUT2D eigenvalue weighted by Gasteiger charge is -2.36. The van der Waals surface area contributed by atoms with Crippen molar-refractivity contribution in [2.45, 2.75) is 102 Å². The zero-order chi connectivity index (χ0) is 26.7. The van der Waals surface area contributed by atoms with Crippen LogP contribution in [0.5, 0.6) is 0 Å². The Morgan fingerprint density at radius 2 is 1.34 bits per heavy atom. The van der Waals surface area contributed by atoms with E-state index >= 15 is 0 Å². The van der Waals surface area contributed by atoms with Gasteiger partial charge in [0.05, 0.1) is 6.04 Å². The van der Waals surface area contributed by atoms with Crippen molar-refractivity contribution >= 4 is 12.2 Å². The smallest absolute Gasteiger partial charge is 0.429 e. The lowest BCUT2D eigenvalue weighted by Crippen LogP contribution is -2.53. The Balaban J connectivity index is 1.47. The summed E-state index contributed by atoms with van der Waals surface area (Å²) in [6.45, 7) is 3.89. The third kappa shape index (κ3) is 7.18. The number of nitrogens with one attached hydrogen (secondary N) is 1. The van der Waals surface area contributed by atoms with E-state index in [9.17, 15) is 9.59 Å². The van der Waals surface area contributed by atoms with Gasteiger partial charge < -0.3 is 9.47 Å². The van der Waals surface area contributed by atoms with E-state index < -0.39 is 12.2 Å². The number of hydrogen-bond acceptors (Lipinski definition) is 4. The Hall–Kier alpha value is -3.28. The van der Waals surface area contributed by atoms with Crippen LogP contribution in [-0.4, -0.2) is 35.4 Å². The summed E-state index contributed by atoms with van der Waals surface area (Å²) < 4.78 is 12.1. The van der Waals surface area contributed by atoms with Crippen LogP contribution >= 0.6 is 0 Å². The molecule has 2 amide bonds. The first-order valence-electron chi connectivity index (χ1n) is 14.3. The van der Waals surface area contributed by atoms with E-state index in [0.29, 0.717) is 6.42 Å². The molecule has 4 rings (SSSR count). The molecule has 0 bridgehead atoms. The van der Waals surface area contributed by atoms with Crippen molar-refractivity contribution < 1.29 is 19.1 Å². The molecule has 2 aromatic rings. The van der Waals surface area contributed by atoms with Gasteiger partial charge in [0.15, 0.2) is 0 Å². The van der Waals surface area contributed by atoms with Gasteiger partial charge in [-0.1, -0.05) is 92.6 Å². The van der Waals surface area contributed by atoms with E-state index in [4.69, 9.17) is 9.47 Å². The second kappa shape index (κ2) is 14.0.